The van der Waals surface area contributed by atoms with Gasteiger partial charge in [0.15, 0.2) is 0 Å². The molecule has 3 aromatic rings. The zero-order valence-corrected chi connectivity index (χ0v) is 18.5. The average molecular weight is 428 g/mol. The Bertz CT molecular complexity index is 1110. The maximum absolute atomic E-state index is 13.6. The quantitative estimate of drug-likeness (QED) is 0.662. The second-order valence-corrected chi connectivity index (χ2v) is 8.54. The Hall–Kier alpha value is -3.25. The number of hydrogen-bond donors (Lipinski definition) is 2. The minimum atomic E-state index is 0.0561. The van der Waals surface area contributed by atoms with Crippen molar-refractivity contribution in [2.24, 2.45) is 0 Å². The molecule has 1 amide bonds. The van der Waals surface area contributed by atoms with Crippen molar-refractivity contribution < 1.29 is 4.79 Å². The van der Waals surface area contributed by atoms with E-state index in [0.29, 0.717) is 19.0 Å². The molecule has 6 nitrogen and oxygen atoms in total. The molecule has 2 aromatic carbocycles. The number of amides is 1. The van der Waals surface area contributed by atoms with Crippen molar-refractivity contribution in [2.75, 3.05) is 32.0 Å². The van der Waals surface area contributed by atoms with Gasteiger partial charge in [-0.05, 0) is 43.0 Å². The maximum atomic E-state index is 13.6. The van der Waals surface area contributed by atoms with E-state index in [1.54, 1.807) is 0 Å². The highest BCUT2D eigenvalue weighted by Gasteiger charge is 2.28. The molecule has 2 aliphatic rings. The van der Waals surface area contributed by atoms with Crippen LogP contribution in [0.4, 0.5) is 5.82 Å². The summed E-state index contributed by atoms with van der Waals surface area (Å²) < 4.78 is 0. The smallest absolute Gasteiger partial charge is 0.254 e. The van der Waals surface area contributed by atoms with Gasteiger partial charge in [0.05, 0.1) is 12.2 Å². The third-order valence-electron chi connectivity index (χ3n) is 6.51. The Balaban J connectivity index is 1.45. The number of nitrogens with one attached hydrogen (secondary N) is 2. The van der Waals surface area contributed by atoms with E-state index >= 15 is 0 Å². The fraction of sp³-hybridized carbons (Fsp3) is 0.346. The average Bonchev–Trinajstić information content (AvgIpc) is 2.88. The van der Waals surface area contributed by atoms with E-state index in [2.05, 4.69) is 22.8 Å². The first-order valence-electron chi connectivity index (χ1n) is 11.5. The molecule has 0 radical (unpaired) electrons. The Morgan fingerprint density at radius 2 is 1.91 bits per heavy atom. The first-order chi connectivity index (χ1) is 15.7. The number of fused-ring (bicyclic) bond motifs is 1. The van der Waals surface area contributed by atoms with Crippen LogP contribution in [0, 0.1) is 0 Å². The van der Waals surface area contributed by atoms with Crippen LogP contribution in [0.25, 0.3) is 11.1 Å². The van der Waals surface area contributed by atoms with Gasteiger partial charge in [0.2, 0.25) is 0 Å². The van der Waals surface area contributed by atoms with Crippen LogP contribution >= 0.6 is 0 Å². The summed E-state index contributed by atoms with van der Waals surface area (Å²) in [5.74, 6) is 2.18. The summed E-state index contributed by atoms with van der Waals surface area (Å²) in [5.41, 5.74) is 4.88. The van der Waals surface area contributed by atoms with Crippen LogP contribution in [0.2, 0.25) is 0 Å². The molecule has 2 N–H and O–H groups in total. The molecular weight excluding hydrogens is 398 g/mol. The topological polar surface area (TPSA) is 70.2 Å². The molecule has 0 spiro atoms. The Morgan fingerprint density at radius 1 is 1.09 bits per heavy atom. The lowest BCUT2D eigenvalue weighted by Gasteiger charge is -2.31. The van der Waals surface area contributed by atoms with Gasteiger partial charge in [0.25, 0.3) is 5.91 Å². The first-order valence-corrected chi connectivity index (χ1v) is 11.5. The van der Waals surface area contributed by atoms with Gasteiger partial charge in [0.1, 0.15) is 11.6 Å². The largest absolute Gasteiger partial charge is 0.373 e. The van der Waals surface area contributed by atoms with Crippen LogP contribution in [0.3, 0.4) is 0 Å². The molecule has 1 saturated heterocycles. The summed E-state index contributed by atoms with van der Waals surface area (Å²) in [4.78, 5) is 25.3. The van der Waals surface area contributed by atoms with Crippen LogP contribution in [0.1, 0.15) is 46.2 Å². The van der Waals surface area contributed by atoms with Crippen molar-refractivity contribution in [1.82, 2.24) is 20.2 Å². The number of piperidine rings is 1. The monoisotopic (exact) mass is 427 g/mol. The third-order valence-corrected chi connectivity index (χ3v) is 6.51. The van der Waals surface area contributed by atoms with Crippen molar-refractivity contribution >= 4 is 11.7 Å². The maximum Gasteiger partial charge on any atom is 0.254 e. The van der Waals surface area contributed by atoms with E-state index in [9.17, 15) is 4.79 Å². The van der Waals surface area contributed by atoms with Gasteiger partial charge in [-0.3, -0.25) is 4.79 Å². The van der Waals surface area contributed by atoms with E-state index in [1.165, 1.54) is 0 Å². The van der Waals surface area contributed by atoms with Crippen molar-refractivity contribution in [3.05, 3.63) is 77.2 Å². The predicted molar refractivity (Wildman–Crippen MR) is 127 cm³/mol. The van der Waals surface area contributed by atoms with E-state index in [4.69, 9.17) is 9.97 Å². The molecule has 0 saturated carbocycles. The second kappa shape index (κ2) is 9.09. The third kappa shape index (κ3) is 3.98. The van der Waals surface area contributed by atoms with Crippen molar-refractivity contribution in [3.63, 3.8) is 0 Å². The Labute approximate surface area is 189 Å². The zero-order valence-electron chi connectivity index (χ0n) is 18.5. The highest BCUT2D eigenvalue weighted by atomic mass is 16.2. The number of anilines is 1. The number of hydrogen-bond acceptors (Lipinski definition) is 5. The van der Waals surface area contributed by atoms with Gasteiger partial charge in [-0.15, -0.1) is 0 Å². The lowest BCUT2D eigenvalue weighted by molar-refractivity contribution is 0.0732. The van der Waals surface area contributed by atoms with Gasteiger partial charge in [0, 0.05) is 37.2 Å². The minimum absolute atomic E-state index is 0.0561. The number of carbonyl (C=O) groups is 1. The molecule has 0 aliphatic carbocycles. The van der Waals surface area contributed by atoms with Crippen molar-refractivity contribution in [1.29, 1.82) is 0 Å². The standard InChI is InChI=1S/C26H29N5O/c1-27-25-22-13-15-31(17-23(22)29-24(30-25)19-10-7-14-28-16-19)26(32)21-12-6-5-11-20(21)18-8-3-2-4-9-18/h2-6,8-9,11-12,19,28H,7,10,13-17H2,1H3,(H,27,29,30)/t19-/m1/s1. The van der Waals surface area contributed by atoms with E-state index < -0.39 is 0 Å². The normalized spacial score (nSPS) is 18.2. The molecule has 3 heterocycles. The fourth-order valence-corrected chi connectivity index (χ4v) is 4.79. The van der Waals surface area contributed by atoms with E-state index in [0.717, 1.165) is 71.9 Å². The van der Waals surface area contributed by atoms with Gasteiger partial charge in [-0.2, -0.15) is 0 Å². The molecule has 2 aliphatic heterocycles. The molecule has 32 heavy (non-hydrogen) atoms. The molecule has 0 unspecified atom stereocenters. The SMILES string of the molecule is CNc1nc([C@@H]2CCCNC2)nc2c1CCN(C(=O)c1ccccc1-c1ccccc1)C2. The Kier molecular flexibility index (Phi) is 5.86. The van der Waals surface area contributed by atoms with Gasteiger partial charge < -0.3 is 15.5 Å². The number of benzene rings is 2. The highest BCUT2D eigenvalue weighted by molar-refractivity contribution is 6.01. The molecule has 164 valence electrons. The molecule has 1 fully saturated rings. The van der Waals surface area contributed by atoms with Crippen molar-refractivity contribution in [3.8, 4) is 11.1 Å². The molecular formula is C26H29N5O. The number of rotatable bonds is 4. The van der Waals surface area contributed by atoms with E-state index in [-0.39, 0.29) is 5.91 Å². The Morgan fingerprint density at radius 3 is 2.69 bits per heavy atom. The molecule has 5 rings (SSSR count). The van der Waals surface area contributed by atoms with Crippen molar-refractivity contribution in [2.45, 2.75) is 31.7 Å². The first kappa shape index (κ1) is 20.6. The zero-order chi connectivity index (χ0) is 21.9. The molecule has 1 aromatic heterocycles. The lowest BCUT2D eigenvalue weighted by Crippen LogP contribution is -2.38. The number of nitrogens with zero attached hydrogens (tertiary/aromatic N) is 3. The summed E-state index contributed by atoms with van der Waals surface area (Å²) in [6.07, 6.45) is 3.00. The second-order valence-electron chi connectivity index (χ2n) is 8.54. The summed E-state index contributed by atoms with van der Waals surface area (Å²) in [6, 6.07) is 18.0. The van der Waals surface area contributed by atoms with Gasteiger partial charge >= 0.3 is 0 Å². The molecule has 0 bridgehead atoms. The fourth-order valence-electron chi connectivity index (χ4n) is 4.79. The summed E-state index contributed by atoms with van der Waals surface area (Å²) >= 11 is 0. The summed E-state index contributed by atoms with van der Waals surface area (Å²) in [7, 11) is 1.92. The molecule has 6 heteroatoms. The van der Waals surface area contributed by atoms with Crippen LogP contribution in [0.15, 0.2) is 54.6 Å². The van der Waals surface area contributed by atoms with Crippen LogP contribution in [0.5, 0.6) is 0 Å². The van der Waals surface area contributed by atoms with Crippen LogP contribution in [-0.4, -0.2) is 47.5 Å². The number of aromatic nitrogens is 2. The summed E-state index contributed by atoms with van der Waals surface area (Å²) in [5, 5.41) is 6.72. The van der Waals surface area contributed by atoms with E-state index in [1.807, 2.05) is 54.4 Å². The van der Waals surface area contributed by atoms with Crippen LogP contribution in [-0.2, 0) is 13.0 Å². The lowest BCUT2D eigenvalue weighted by atomic mass is 9.96. The van der Waals surface area contributed by atoms with Crippen LogP contribution < -0.4 is 10.6 Å². The molecule has 1 atom stereocenters. The van der Waals surface area contributed by atoms with Gasteiger partial charge in [-0.1, -0.05) is 48.5 Å². The predicted octanol–water partition coefficient (Wildman–Crippen LogP) is 3.85. The summed E-state index contributed by atoms with van der Waals surface area (Å²) in [6.45, 7) is 3.15. The number of carbonyl (C=O) groups excluding carboxylic acids is 1. The minimum Gasteiger partial charge on any atom is -0.373 e. The van der Waals surface area contributed by atoms with Gasteiger partial charge in [-0.25, -0.2) is 9.97 Å². The highest BCUT2D eigenvalue weighted by Crippen LogP contribution is 2.30.